The monoisotopic (exact) mass is 450 g/mol. The minimum Gasteiger partial charge on any atom is -0.504 e. The third kappa shape index (κ3) is 2.64. The quantitative estimate of drug-likeness (QED) is 0.544. The van der Waals surface area contributed by atoms with E-state index in [4.69, 9.17) is 4.74 Å². The van der Waals surface area contributed by atoms with Crippen LogP contribution in [-0.2, 0) is 10.2 Å². The molecule has 0 unspecified atom stereocenters. The predicted octanol–water partition coefficient (Wildman–Crippen LogP) is 6.31. The van der Waals surface area contributed by atoms with E-state index in [0.29, 0.717) is 29.4 Å². The van der Waals surface area contributed by atoms with Gasteiger partial charge in [0, 0.05) is 28.9 Å². The van der Waals surface area contributed by atoms with E-state index in [0.717, 1.165) is 43.2 Å². The maximum atomic E-state index is 13.6. The lowest BCUT2D eigenvalue weighted by atomic mass is 9.35. The summed E-state index contributed by atoms with van der Waals surface area (Å²) in [5.41, 5.74) is 3.26. The fraction of sp³-hybridized carbons (Fsp3) is 0.655. The lowest BCUT2D eigenvalue weighted by Gasteiger charge is -2.69. The largest absolute Gasteiger partial charge is 0.504 e. The van der Waals surface area contributed by atoms with Gasteiger partial charge in [-0.3, -0.25) is 9.59 Å². The molecule has 5 rings (SSSR count). The maximum Gasteiger partial charge on any atom is 0.186 e. The van der Waals surface area contributed by atoms with Crippen molar-refractivity contribution in [2.45, 2.75) is 85.5 Å². The highest BCUT2D eigenvalue weighted by atomic mass is 16.5. The Morgan fingerprint density at radius 2 is 1.76 bits per heavy atom. The van der Waals surface area contributed by atoms with Gasteiger partial charge in [-0.15, -0.1) is 0 Å². The van der Waals surface area contributed by atoms with Crippen LogP contribution in [0.15, 0.2) is 17.7 Å². The number of hydrogen-bond acceptors (Lipinski definition) is 4. The molecule has 4 nitrogen and oxygen atoms in total. The predicted molar refractivity (Wildman–Crippen MR) is 129 cm³/mol. The van der Waals surface area contributed by atoms with Gasteiger partial charge in [-0.25, -0.2) is 0 Å². The van der Waals surface area contributed by atoms with Gasteiger partial charge in [-0.2, -0.15) is 0 Å². The summed E-state index contributed by atoms with van der Waals surface area (Å²) < 4.78 is 5.42. The lowest BCUT2D eigenvalue weighted by molar-refractivity contribution is -0.160. The summed E-state index contributed by atoms with van der Waals surface area (Å²) in [5, 5.41) is 10.7. The molecule has 1 N–H and O–H groups in total. The van der Waals surface area contributed by atoms with Gasteiger partial charge in [0.25, 0.3) is 0 Å². The Labute approximate surface area is 197 Å². The molecular formula is C29H38O4. The molecule has 0 aromatic heterocycles. The number of carbonyl (C=O) groups is 2. The molecule has 1 aromatic rings. The molecule has 0 aliphatic heterocycles. The molecule has 4 heteroatoms. The van der Waals surface area contributed by atoms with Crippen LogP contribution in [0.2, 0.25) is 0 Å². The highest BCUT2D eigenvalue weighted by Gasteiger charge is 2.66. The number of carbonyl (C=O) groups excluding carboxylic acids is 2. The summed E-state index contributed by atoms with van der Waals surface area (Å²) in [6, 6.07) is 1.78. The van der Waals surface area contributed by atoms with Crippen molar-refractivity contribution in [2.24, 2.45) is 28.1 Å². The van der Waals surface area contributed by atoms with Crippen molar-refractivity contribution < 1.29 is 19.4 Å². The first-order valence-electron chi connectivity index (χ1n) is 12.5. The number of phenols is 1. The fourth-order valence-electron chi connectivity index (χ4n) is 8.70. The summed E-state index contributed by atoms with van der Waals surface area (Å²) in [6.07, 6.45) is 7.57. The molecule has 0 spiro atoms. The molecule has 0 saturated heterocycles. The molecule has 1 aromatic carbocycles. The van der Waals surface area contributed by atoms with Gasteiger partial charge in [-0.1, -0.05) is 34.6 Å². The summed E-state index contributed by atoms with van der Waals surface area (Å²) in [4.78, 5) is 26.3. The number of hydrogen-bond donors (Lipinski definition) is 1. The first kappa shape index (κ1) is 22.7. The van der Waals surface area contributed by atoms with Crippen molar-refractivity contribution in [3.8, 4) is 11.5 Å². The number of methoxy groups -OCH3 is 1. The van der Waals surface area contributed by atoms with Crippen LogP contribution in [0.5, 0.6) is 11.5 Å². The third-order valence-corrected chi connectivity index (χ3v) is 10.9. The Kier molecular flexibility index (Phi) is 4.63. The van der Waals surface area contributed by atoms with Crippen LogP contribution in [0.4, 0.5) is 0 Å². The standard InChI is InChI=1S/C29H38O4/c1-16-12-22-26(3,15-21(16)32)8-10-29(6)23-14-19(30)24-17(2)25(33-7)20(31)13-18(24)27(23,4)9-11-28(22,29)5/h13-14,16,22,31H,8-12,15H2,1-7H3/t16-,22-,26+,27+,28-,29-/m1/s1. The van der Waals surface area contributed by atoms with Gasteiger partial charge in [0.2, 0.25) is 0 Å². The Morgan fingerprint density at radius 3 is 2.42 bits per heavy atom. The molecule has 4 aliphatic carbocycles. The second kappa shape index (κ2) is 6.73. The number of rotatable bonds is 1. The normalized spacial score (nSPS) is 42.0. The first-order valence-corrected chi connectivity index (χ1v) is 12.5. The molecule has 4 aliphatic rings. The Bertz CT molecular complexity index is 1120. The number of phenolic OH excluding ortho intramolecular Hbond substituents is 1. The van der Waals surface area contributed by atoms with E-state index >= 15 is 0 Å². The van der Waals surface area contributed by atoms with E-state index in [1.165, 1.54) is 12.7 Å². The van der Waals surface area contributed by atoms with Crippen molar-refractivity contribution >= 4 is 11.6 Å². The molecule has 0 amide bonds. The van der Waals surface area contributed by atoms with Gasteiger partial charge in [-0.05, 0) is 84.5 Å². The third-order valence-electron chi connectivity index (χ3n) is 10.9. The molecule has 3 fully saturated rings. The van der Waals surface area contributed by atoms with Crippen molar-refractivity contribution in [2.75, 3.05) is 7.11 Å². The van der Waals surface area contributed by atoms with Crippen LogP contribution in [0.3, 0.4) is 0 Å². The first-order chi connectivity index (χ1) is 15.3. The highest BCUT2D eigenvalue weighted by Crippen LogP contribution is 2.73. The van der Waals surface area contributed by atoms with Crippen molar-refractivity contribution in [1.82, 2.24) is 0 Å². The second-order valence-electron chi connectivity index (χ2n) is 12.5. The van der Waals surface area contributed by atoms with Gasteiger partial charge >= 0.3 is 0 Å². The van der Waals surface area contributed by atoms with Gasteiger partial charge in [0.05, 0.1) is 7.11 Å². The molecular weight excluding hydrogens is 412 g/mol. The molecule has 0 bridgehead atoms. The SMILES string of the molecule is COc1c(O)cc2c(c1C)C(=O)C=C1[C@@]2(C)CC[C@]2(C)[C@@H]3C[C@@H](C)C(=O)C[C@]3(C)CC[C@]12C. The molecule has 0 heterocycles. The number of allylic oxidation sites excluding steroid dienone is 2. The summed E-state index contributed by atoms with van der Waals surface area (Å²) in [5.74, 6) is 1.53. The number of ether oxygens (including phenoxy) is 1. The van der Waals surface area contributed by atoms with Crippen molar-refractivity contribution in [3.05, 3.63) is 34.4 Å². The Balaban J connectivity index is 1.68. The van der Waals surface area contributed by atoms with E-state index in [2.05, 4.69) is 34.6 Å². The van der Waals surface area contributed by atoms with Crippen LogP contribution in [0, 0.1) is 35.0 Å². The minimum atomic E-state index is -0.296. The van der Waals surface area contributed by atoms with E-state index in [1.54, 1.807) is 6.07 Å². The molecule has 6 atom stereocenters. The van der Waals surface area contributed by atoms with Crippen LogP contribution in [0.25, 0.3) is 0 Å². The number of ketones is 2. The van der Waals surface area contributed by atoms with Crippen LogP contribution < -0.4 is 4.74 Å². The van der Waals surface area contributed by atoms with Gasteiger partial charge < -0.3 is 9.84 Å². The zero-order chi connectivity index (χ0) is 24.1. The van der Waals surface area contributed by atoms with Crippen LogP contribution in [-0.4, -0.2) is 23.8 Å². The average molecular weight is 451 g/mol. The van der Waals surface area contributed by atoms with E-state index in [9.17, 15) is 14.7 Å². The smallest absolute Gasteiger partial charge is 0.186 e. The van der Waals surface area contributed by atoms with Gasteiger partial charge in [0.15, 0.2) is 17.3 Å². The van der Waals surface area contributed by atoms with E-state index in [-0.39, 0.29) is 39.1 Å². The average Bonchev–Trinajstić information content (AvgIpc) is 2.74. The van der Waals surface area contributed by atoms with E-state index < -0.39 is 0 Å². The fourth-order valence-corrected chi connectivity index (χ4v) is 8.70. The molecule has 3 saturated carbocycles. The van der Waals surface area contributed by atoms with Crippen molar-refractivity contribution in [3.63, 3.8) is 0 Å². The minimum absolute atomic E-state index is 0.0271. The number of benzene rings is 1. The zero-order valence-electron chi connectivity index (χ0n) is 21.2. The molecule has 178 valence electrons. The summed E-state index contributed by atoms with van der Waals surface area (Å²) in [7, 11) is 1.53. The van der Waals surface area contributed by atoms with Crippen LogP contribution >= 0.6 is 0 Å². The Hall–Kier alpha value is -2.10. The summed E-state index contributed by atoms with van der Waals surface area (Å²) >= 11 is 0. The topological polar surface area (TPSA) is 63.6 Å². The lowest BCUT2D eigenvalue weighted by Crippen LogP contribution is -2.62. The van der Waals surface area contributed by atoms with Crippen molar-refractivity contribution in [1.29, 1.82) is 0 Å². The maximum absolute atomic E-state index is 13.6. The highest BCUT2D eigenvalue weighted by molar-refractivity contribution is 6.10. The summed E-state index contributed by atoms with van der Waals surface area (Å²) in [6.45, 7) is 13.4. The molecule has 0 radical (unpaired) electrons. The second-order valence-corrected chi connectivity index (χ2v) is 12.5. The molecule has 33 heavy (non-hydrogen) atoms. The number of aromatic hydroxyl groups is 1. The van der Waals surface area contributed by atoms with Gasteiger partial charge in [0.1, 0.15) is 5.78 Å². The number of fused-ring (bicyclic) bond motifs is 7. The van der Waals surface area contributed by atoms with Crippen LogP contribution in [0.1, 0.15) is 94.6 Å². The number of Topliss-reactive ketones (excluding diaryl/α,β-unsaturated/α-hetero) is 1. The van der Waals surface area contributed by atoms with E-state index in [1.807, 2.05) is 13.0 Å². The zero-order valence-corrected chi connectivity index (χ0v) is 21.2. The Morgan fingerprint density at radius 1 is 1.06 bits per heavy atom.